The molecule has 2 rings (SSSR count). The van der Waals surface area contributed by atoms with Crippen LogP contribution in [0.25, 0.3) is 0 Å². The highest BCUT2D eigenvalue weighted by Gasteiger charge is 2.47. The fourth-order valence-electron chi connectivity index (χ4n) is 1.91. The molecule has 0 radical (unpaired) electrons. The molecule has 2 aliphatic rings. The molecule has 5 heteroatoms. The predicted octanol–water partition coefficient (Wildman–Crippen LogP) is 1.27. The first-order valence-corrected chi connectivity index (χ1v) is 5.04. The quantitative estimate of drug-likeness (QED) is 0.682. The Morgan fingerprint density at radius 1 is 1.62 bits per heavy atom. The Kier molecular flexibility index (Phi) is 2.42. The molecule has 0 aromatic carbocycles. The summed E-state index contributed by atoms with van der Waals surface area (Å²) in [7, 11) is 1.43. The number of methoxy groups -OCH3 is 1. The van der Waals surface area contributed by atoms with Gasteiger partial charge in [0.25, 0.3) is 0 Å². The zero-order chi connectivity index (χ0) is 11.9. The maximum absolute atomic E-state index is 11.3. The van der Waals surface area contributed by atoms with Crippen LogP contribution in [0.2, 0.25) is 0 Å². The molecule has 0 aliphatic carbocycles. The van der Waals surface area contributed by atoms with Crippen molar-refractivity contribution in [1.29, 1.82) is 0 Å². The molecule has 0 spiro atoms. The standard InChI is InChI=1S/C11H14O5/c1-6-5-15-11(2)9(10(6)13)7(14-3)4-8(12)16-11/h4,6,13H,5H2,1-3H3. The highest BCUT2D eigenvalue weighted by Crippen LogP contribution is 2.40. The maximum atomic E-state index is 11.3. The Labute approximate surface area is 93.3 Å². The molecule has 2 unspecified atom stereocenters. The van der Waals surface area contributed by atoms with Crippen molar-refractivity contribution in [1.82, 2.24) is 0 Å². The van der Waals surface area contributed by atoms with Gasteiger partial charge in [0.05, 0.1) is 19.8 Å². The summed E-state index contributed by atoms with van der Waals surface area (Å²) in [6, 6.07) is 0. The van der Waals surface area contributed by atoms with E-state index in [4.69, 9.17) is 14.2 Å². The first-order valence-electron chi connectivity index (χ1n) is 5.04. The Morgan fingerprint density at radius 3 is 2.94 bits per heavy atom. The van der Waals surface area contributed by atoms with Crippen LogP contribution in [0, 0.1) is 5.92 Å². The third kappa shape index (κ3) is 1.48. The van der Waals surface area contributed by atoms with Crippen molar-refractivity contribution in [3.63, 3.8) is 0 Å². The minimum atomic E-state index is -1.24. The van der Waals surface area contributed by atoms with Gasteiger partial charge >= 0.3 is 5.97 Å². The average molecular weight is 226 g/mol. The van der Waals surface area contributed by atoms with Crippen LogP contribution in [0.1, 0.15) is 13.8 Å². The van der Waals surface area contributed by atoms with Crippen LogP contribution in [-0.2, 0) is 19.0 Å². The van der Waals surface area contributed by atoms with E-state index in [0.29, 0.717) is 17.9 Å². The molecule has 2 aliphatic heterocycles. The molecular weight excluding hydrogens is 212 g/mol. The molecule has 0 bridgehead atoms. The second-order valence-corrected chi connectivity index (χ2v) is 4.05. The monoisotopic (exact) mass is 226 g/mol. The summed E-state index contributed by atoms with van der Waals surface area (Å²) < 4.78 is 15.6. The Hall–Kier alpha value is -1.49. The lowest BCUT2D eigenvalue weighted by atomic mass is 9.93. The topological polar surface area (TPSA) is 65.0 Å². The zero-order valence-electron chi connectivity index (χ0n) is 9.44. The van der Waals surface area contributed by atoms with Gasteiger partial charge in [0, 0.05) is 12.8 Å². The van der Waals surface area contributed by atoms with Crippen molar-refractivity contribution in [2.75, 3.05) is 13.7 Å². The van der Waals surface area contributed by atoms with E-state index in [9.17, 15) is 9.90 Å². The highest BCUT2D eigenvalue weighted by molar-refractivity contribution is 5.86. The second-order valence-electron chi connectivity index (χ2n) is 4.05. The fraction of sp³-hybridized carbons (Fsp3) is 0.545. The van der Waals surface area contributed by atoms with Crippen molar-refractivity contribution in [3.8, 4) is 0 Å². The van der Waals surface area contributed by atoms with Gasteiger partial charge in [-0.05, 0) is 0 Å². The Balaban J connectivity index is 2.57. The highest BCUT2D eigenvalue weighted by atomic mass is 16.7. The molecule has 0 aromatic rings. The third-order valence-electron chi connectivity index (χ3n) is 2.80. The summed E-state index contributed by atoms with van der Waals surface area (Å²) in [4.78, 5) is 11.3. The van der Waals surface area contributed by atoms with E-state index in [1.807, 2.05) is 6.92 Å². The van der Waals surface area contributed by atoms with Gasteiger partial charge in [0.15, 0.2) is 0 Å². The number of fused-ring (bicyclic) bond motifs is 1. The first kappa shape index (κ1) is 11.0. The van der Waals surface area contributed by atoms with E-state index in [0.717, 1.165) is 0 Å². The van der Waals surface area contributed by atoms with Gasteiger partial charge in [-0.25, -0.2) is 4.79 Å². The summed E-state index contributed by atoms with van der Waals surface area (Å²) in [6.07, 6.45) is 1.20. The van der Waals surface area contributed by atoms with Crippen LogP contribution in [0.5, 0.6) is 0 Å². The number of hydrogen-bond acceptors (Lipinski definition) is 5. The summed E-state index contributed by atoms with van der Waals surface area (Å²) >= 11 is 0. The Bertz CT molecular complexity index is 395. The van der Waals surface area contributed by atoms with Crippen molar-refractivity contribution >= 4 is 5.97 Å². The van der Waals surface area contributed by atoms with Crippen LogP contribution >= 0.6 is 0 Å². The van der Waals surface area contributed by atoms with Gasteiger partial charge in [-0.1, -0.05) is 6.92 Å². The summed E-state index contributed by atoms with van der Waals surface area (Å²) in [5, 5.41) is 10.0. The molecule has 5 nitrogen and oxygen atoms in total. The minimum Gasteiger partial charge on any atom is -0.511 e. The maximum Gasteiger partial charge on any atom is 0.337 e. The normalized spacial score (nSPS) is 34.1. The number of carbonyl (C=O) groups excluding carboxylic acids is 1. The van der Waals surface area contributed by atoms with E-state index in [1.165, 1.54) is 13.2 Å². The molecule has 0 fully saturated rings. The molecule has 0 aromatic heterocycles. The number of aliphatic hydroxyl groups excluding tert-OH is 1. The smallest absolute Gasteiger partial charge is 0.337 e. The minimum absolute atomic E-state index is 0.140. The summed E-state index contributed by atoms with van der Waals surface area (Å²) in [5.74, 6) is -1.48. The lowest BCUT2D eigenvalue weighted by Gasteiger charge is -2.39. The number of aliphatic hydroxyl groups is 1. The molecule has 2 heterocycles. The summed E-state index contributed by atoms with van der Waals surface area (Å²) in [5.41, 5.74) is 0.397. The van der Waals surface area contributed by atoms with E-state index < -0.39 is 11.8 Å². The number of ether oxygens (including phenoxy) is 3. The van der Waals surface area contributed by atoms with Gasteiger partial charge in [-0.3, -0.25) is 0 Å². The number of rotatable bonds is 1. The van der Waals surface area contributed by atoms with E-state index in [2.05, 4.69) is 0 Å². The van der Waals surface area contributed by atoms with Gasteiger partial charge in [0.1, 0.15) is 17.1 Å². The fourth-order valence-corrected chi connectivity index (χ4v) is 1.91. The lowest BCUT2D eigenvalue weighted by molar-refractivity contribution is -0.216. The van der Waals surface area contributed by atoms with E-state index >= 15 is 0 Å². The van der Waals surface area contributed by atoms with Crippen LogP contribution in [0.4, 0.5) is 0 Å². The lowest BCUT2D eigenvalue weighted by Crippen LogP contribution is -2.45. The molecule has 0 saturated heterocycles. The molecule has 2 atom stereocenters. The molecular formula is C11H14O5. The van der Waals surface area contributed by atoms with Crippen LogP contribution in [-0.4, -0.2) is 30.6 Å². The predicted molar refractivity (Wildman–Crippen MR) is 54.4 cm³/mol. The van der Waals surface area contributed by atoms with Gasteiger partial charge in [-0.2, -0.15) is 0 Å². The SMILES string of the molecule is COC1=CC(=O)OC2(C)OCC(C)C(O)=C12. The molecule has 0 amide bonds. The first-order chi connectivity index (χ1) is 7.48. The second kappa shape index (κ2) is 3.52. The number of esters is 1. The van der Waals surface area contributed by atoms with Crippen molar-refractivity contribution in [3.05, 3.63) is 23.2 Å². The number of carbonyl (C=O) groups is 1. The van der Waals surface area contributed by atoms with Gasteiger partial charge < -0.3 is 19.3 Å². The van der Waals surface area contributed by atoms with Gasteiger partial charge in [-0.15, -0.1) is 0 Å². The van der Waals surface area contributed by atoms with Crippen molar-refractivity contribution in [2.45, 2.75) is 19.6 Å². The van der Waals surface area contributed by atoms with Crippen molar-refractivity contribution < 1.29 is 24.1 Å². The van der Waals surface area contributed by atoms with Gasteiger partial charge in [0.2, 0.25) is 5.79 Å². The summed E-state index contributed by atoms with van der Waals surface area (Å²) in [6.45, 7) is 3.72. The third-order valence-corrected chi connectivity index (χ3v) is 2.80. The zero-order valence-corrected chi connectivity index (χ0v) is 9.44. The molecule has 1 N–H and O–H groups in total. The van der Waals surface area contributed by atoms with E-state index in [-0.39, 0.29) is 11.7 Å². The van der Waals surface area contributed by atoms with Crippen LogP contribution in [0.15, 0.2) is 23.2 Å². The largest absolute Gasteiger partial charge is 0.511 e. The van der Waals surface area contributed by atoms with E-state index in [1.54, 1.807) is 6.92 Å². The molecule has 88 valence electrons. The average Bonchev–Trinajstić information content (AvgIpc) is 2.22. The number of hydrogen-bond donors (Lipinski definition) is 1. The molecule has 0 saturated carbocycles. The van der Waals surface area contributed by atoms with Crippen LogP contribution in [0.3, 0.4) is 0 Å². The van der Waals surface area contributed by atoms with Crippen LogP contribution < -0.4 is 0 Å². The van der Waals surface area contributed by atoms with Crippen molar-refractivity contribution in [2.24, 2.45) is 5.92 Å². The Morgan fingerprint density at radius 2 is 2.31 bits per heavy atom. The molecule has 16 heavy (non-hydrogen) atoms.